The lowest BCUT2D eigenvalue weighted by atomic mass is 10.2. The van der Waals surface area contributed by atoms with Crippen LogP contribution in [0.1, 0.15) is 11.9 Å². The number of hydrogen-bond acceptors (Lipinski definition) is 7. The van der Waals surface area contributed by atoms with E-state index in [2.05, 4.69) is 25.3 Å². The Balaban J connectivity index is 1.74. The number of hydrogen-bond donors (Lipinski definition) is 1. The van der Waals surface area contributed by atoms with Gasteiger partial charge in [-0.1, -0.05) is 11.2 Å². The first kappa shape index (κ1) is 14.0. The smallest absolute Gasteiger partial charge is 0.270 e. The molecule has 0 aromatic carbocycles. The molecule has 1 unspecified atom stereocenters. The van der Waals surface area contributed by atoms with Crippen molar-refractivity contribution in [3.05, 3.63) is 46.8 Å². The third kappa shape index (κ3) is 2.41. The van der Waals surface area contributed by atoms with Gasteiger partial charge in [-0.3, -0.25) is 14.1 Å². The zero-order valence-corrected chi connectivity index (χ0v) is 12.6. The summed E-state index contributed by atoms with van der Waals surface area (Å²) in [6.45, 7) is 2.60. The molecule has 0 radical (unpaired) electrons. The second-order valence-corrected chi connectivity index (χ2v) is 5.56. The number of pyridine rings is 1. The molecule has 8 heteroatoms. The van der Waals surface area contributed by atoms with Crippen LogP contribution in [0, 0.1) is 0 Å². The Morgan fingerprint density at radius 3 is 3.17 bits per heavy atom. The summed E-state index contributed by atoms with van der Waals surface area (Å²) in [7, 11) is 2.02. The number of aromatic nitrogens is 4. The fourth-order valence-corrected chi connectivity index (χ4v) is 2.75. The molecule has 8 nitrogen and oxygen atoms in total. The highest BCUT2D eigenvalue weighted by Gasteiger charge is 2.26. The molecule has 0 amide bonds. The largest absolute Gasteiger partial charge is 0.334 e. The molecule has 0 spiro atoms. The van der Waals surface area contributed by atoms with Crippen LogP contribution in [0.2, 0.25) is 0 Å². The van der Waals surface area contributed by atoms with Crippen molar-refractivity contribution in [2.75, 3.05) is 26.7 Å². The number of nitrogens with zero attached hydrogens (tertiary/aromatic N) is 5. The lowest BCUT2D eigenvalue weighted by Crippen LogP contribution is -2.44. The Morgan fingerprint density at radius 1 is 1.39 bits per heavy atom. The Morgan fingerprint density at radius 2 is 2.30 bits per heavy atom. The zero-order valence-electron chi connectivity index (χ0n) is 12.6. The predicted molar refractivity (Wildman–Crippen MR) is 83.0 cm³/mol. The van der Waals surface area contributed by atoms with Gasteiger partial charge in [-0.2, -0.15) is 4.98 Å². The van der Waals surface area contributed by atoms with Crippen molar-refractivity contribution in [2.24, 2.45) is 0 Å². The van der Waals surface area contributed by atoms with E-state index in [-0.39, 0.29) is 17.5 Å². The normalized spacial score (nSPS) is 19.3. The molecular weight excluding hydrogens is 296 g/mol. The van der Waals surface area contributed by atoms with Crippen LogP contribution in [0.25, 0.3) is 17.1 Å². The van der Waals surface area contributed by atoms with E-state index in [0.29, 0.717) is 17.0 Å². The van der Waals surface area contributed by atoms with Crippen LogP contribution in [0.3, 0.4) is 0 Å². The number of piperazine rings is 1. The lowest BCUT2D eigenvalue weighted by Gasteiger charge is -2.30. The summed E-state index contributed by atoms with van der Waals surface area (Å²) < 4.78 is 6.78. The van der Waals surface area contributed by atoms with Gasteiger partial charge in [-0.15, -0.1) is 0 Å². The molecule has 1 aliphatic heterocycles. The van der Waals surface area contributed by atoms with Crippen LogP contribution < -0.4 is 10.9 Å². The maximum absolute atomic E-state index is 12.6. The second kappa shape index (κ2) is 5.56. The monoisotopic (exact) mass is 312 g/mol. The molecule has 1 fully saturated rings. The average Bonchev–Trinajstić information content (AvgIpc) is 3.05. The van der Waals surface area contributed by atoms with Gasteiger partial charge in [0.05, 0.1) is 6.04 Å². The molecule has 4 rings (SSSR count). The van der Waals surface area contributed by atoms with Crippen molar-refractivity contribution in [3.8, 4) is 11.5 Å². The molecule has 0 saturated carbocycles. The molecule has 4 heterocycles. The lowest BCUT2D eigenvalue weighted by molar-refractivity contribution is 0.190. The van der Waals surface area contributed by atoms with Gasteiger partial charge >= 0.3 is 0 Å². The minimum absolute atomic E-state index is 0.0393. The number of likely N-dealkylation sites (N-methyl/N-ethyl adjacent to an activating group) is 1. The molecule has 3 aromatic heterocycles. The number of fused-ring (bicyclic) bond motifs is 1. The van der Waals surface area contributed by atoms with Gasteiger partial charge in [-0.25, -0.2) is 4.98 Å². The number of rotatable bonds is 2. The van der Waals surface area contributed by atoms with E-state index in [1.54, 1.807) is 18.3 Å². The summed E-state index contributed by atoms with van der Waals surface area (Å²) in [6.07, 6.45) is 3.15. The highest BCUT2D eigenvalue weighted by atomic mass is 16.5. The SMILES string of the molecule is CN1CCNCC1c1noc(-c2cnc3ccccn3c2=O)n1. The van der Waals surface area contributed by atoms with E-state index >= 15 is 0 Å². The molecule has 1 atom stereocenters. The molecule has 23 heavy (non-hydrogen) atoms. The Kier molecular flexibility index (Phi) is 3.40. The summed E-state index contributed by atoms with van der Waals surface area (Å²) in [5, 5.41) is 7.35. The van der Waals surface area contributed by atoms with E-state index in [4.69, 9.17) is 4.52 Å². The first-order valence-corrected chi connectivity index (χ1v) is 7.45. The average molecular weight is 312 g/mol. The van der Waals surface area contributed by atoms with E-state index in [0.717, 1.165) is 19.6 Å². The molecule has 1 N–H and O–H groups in total. The maximum Gasteiger partial charge on any atom is 0.270 e. The van der Waals surface area contributed by atoms with Crippen molar-refractivity contribution >= 4 is 5.65 Å². The van der Waals surface area contributed by atoms with E-state index in [1.807, 2.05) is 13.1 Å². The van der Waals surface area contributed by atoms with Crippen molar-refractivity contribution in [1.82, 2.24) is 29.7 Å². The third-order valence-corrected chi connectivity index (χ3v) is 4.09. The minimum Gasteiger partial charge on any atom is -0.334 e. The Labute approximate surface area is 131 Å². The van der Waals surface area contributed by atoms with Crippen LogP contribution in [-0.4, -0.2) is 51.1 Å². The summed E-state index contributed by atoms with van der Waals surface area (Å²) in [5.41, 5.74) is 0.664. The van der Waals surface area contributed by atoms with Gasteiger partial charge in [-0.05, 0) is 19.2 Å². The number of nitrogens with one attached hydrogen (secondary N) is 1. The summed E-state index contributed by atoms with van der Waals surface area (Å²) in [6, 6.07) is 5.42. The molecule has 1 saturated heterocycles. The van der Waals surface area contributed by atoms with Crippen LogP contribution in [-0.2, 0) is 0 Å². The molecular formula is C15H16N6O2. The fourth-order valence-electron chi connectivity index (χ4n) is 2.75. The van der Waals surface area contributed by atoms with Gasteiger partial charge in [0.1, 0.15) is 11.2 Å². The molecule has 118 valence electrons. The topological polar surface area (TPSA) is 88.6 Å². The standard InChI is InChI=1S/C15H16N6O2/c1-20-7-5-16-9-11(20)13-18-14(23-19-13)10-8-17-12-4-2-3-6-21(12)15(10)22/h2-4,6,8,11,16H,5,7,9H2,1H3. The molecule has 1 aliphatic rings. The van der Waals surface area contributed by atoms with Crippen LogP contribution in [0.5, 0.6) is 0 Å². The second-order valence-electron chi connectivity index (χ2n) is 5.56. The quantitative estimate of drug-likeness (QED) is 0.729. The van der Waals surface area contributed by atoms with E-state index in [9.17, 15) is 4.79 Å². The zero-order chi connectivity index (χ0) is 15.8. The van der Waals surface area contributed by atoms with Crippen molar-refractivity contribution in [2.45, 2.75) is 6.04 Å². The van der Waals surface area contributed by atoms with E-state index < -0.39 is 0 Å². The first-order valence-electron chi connectivity index (χ1n) is 7.45. The van der Waals surface area contributed by atoms with Gasteiger partial charge in [0.15, 0.2) is 5.82 Å². The van der Waals surface area contributed by atoms with Crippen LogP contribution in [0.4, 0.5) is 0 Å². The van der Waals surface area contributed by atoms with E-state index in [1.165, 1.54) is 10.6 Å². The van der Waals surface area contributed by atoms with Crippen LogP contribution in [0.15, 0.2) is 39.9 Å². The highest BCUT2D eigenvalue weighted by Crippen LogP contribution is 2.20. The predicted octanol–water partition coefficient (Wildman–Crippen LogP) is 0.321. The van der Waals surface area contributed by atoms with Crippen molar-refractivity contribution in [1.29, 1.82) is 0 Å². The van der Waals surface area contributed by atoms with Crippen LogP contribution >= 0.6 is 0 Å². The van der Waals surface area contributed by atoms with Gasteiger partial charge in [0.2, 0.25) is 0 Å². The highest BCUT2D eigenvalue weighted by molar-refractivity contribution is 5.53. The third-order valence-electron chi connectivity index (χ3n) is 4.09. The van der Waals surface area contributed by atoms with Crippen molar-refractivity contribution in [3.63, 3.8) is 0 Å². The Hall–Kier alpha value is -2.58. The molecule has 0 bridgehead atoms. The molecule has 3 aromatic rings. The fraction of sp³-hybridized carbons (Fsp3) is 0.333. The summed E-state index contributed by atoms with van der Waals surface area (Å²) >= 11 is 0. The summed E-state index contributed by atoms with van der Waals surface area (Å²) in [4.78, 5) is 23.4. The Bertz CT molecular complexity index is 902. The van der Waals surface area contributed by atoms with Crippen molar-refractivity contribution < 1.29 is 4.52 Å². The summed E-state index contributed by atoms with van der Waals surface area (Å²) in [5.74, 6) is 0.780. The maximum atomic E-state index is 12.6. The van der Waals surface area contributed by atoms with Gasteiger partial charge in [0, 0.05) is 32.0 Å². The molecule has 0 aliphatic carbocycles. The minimum atomic E-state index is -0.221. The first-order chi connectivity index (χ1) is 11.2. The van der Waals surface area contributed by atoms with Gasteiger partial charge < -0.3 is 9.84 Å². The van der Waals surface area contributed by atoms with Gasteiger partial charge in [0.25, 0.3) is 11.4 Å².